The van der Waals surface area contributed by atoms with Gasteiger partial charge in [0.15, 0.2) is 5.69 Å². The average molecular weight is 705 g/mol. The first kappa shape index (κ1) is 37.4. The average Bonchev–Trinajstić information content (AvgIpc) is 3.49. The molecular weight excluding hydrogens is 652 g/mol. The van der Waals surface area contributed by atoms with Gasteiger partial charge in [-0.05, 0) is 91.3 Å². The van der Waals surface area contributed by atoms with Gasteiger partial charge >= 0.3 is 12.2 Å². The Morgan fingerprint density at radius 2 is 1.75 bits per heavy atom. The first-order chi connectivity index (χ1) is 23.5. The van der Waals surface area contributed by atoms with E-state index in [-0.39, 0.29) is 41.0 Å². The summed E-state index contributed by atoms with van der Waals surface area (Å²) in [5.41, 5.74) is 3.92. The number of fused-ring (bicyclic) bond motifs is 1. The van der Waals surface area contributed by atoms with Gasteiger partial charge in [0.05, 0.1) is 5.92 Å². The van der Waals surface area contributed by atoms with E-state index in [0.29, 0.717) is 17.0 Å². The van der Waals surface area contributed by atoms with E-state index in [0.717, 1.165) is 31.7 Å². The topological polar surface area (TPSA) is 168 Å². The summed E-state index contributed by atoms with van der Waals surface area (Å²) in [6.45, 7) is 23.2. The molecule has 2 aromatic heterocycles. The van der Waals surface area contributed by atoms with Crippen molar-refractivity contribution in [2.24, 2.45) is 0 Å². The number of rotatable bonds is 5. The fraction of sp³-hybridized carbons (Fsp3) is 0.553. The monoisotopic (exact) mass is 704 g/mol. The van der Waals surface area contributed by atoms with Crippen LogP contribution < -0.4 is 25.6 Å². The molecule has 13 heteroatoms. The normalized spacial score (nSPS) is 18.8. The van der Waals surface area contributed by atoms with Gasteiger partial charge < -0.3 is 34.5 Å². The Kier molecular flexibility index (Phi) is 9.83. The second-order valence-corrected chi connectivity index (χ2v) is 17.0. The van der Waals surface area contributed by atoms with Crippen molar-refractivity contribution in [1.29, 1.82) is 0 Å². The first-order valence-electron chi connectivity index (χ1n) is 17.4. The third-order valence-corrected chi connectivity index (χ3v) is 8.71. The van der Waals surface area contributed by atoms with Crippen LogP contribution in [0, 0.1) is 0 Å². The minimum absolute atomic E-state index is 0.118. The van der Waals surface area contributed by atoms with Gasteiger partial charge in [-0.3, -0.25) is 10.1 Å². The molecule has 7 rings (SSSR count). The van der Waals surface area contributed by atoms with Crippen LogP contribution in [0.1, 0.15) is 122 Å². The van der Waals surface area contributed by atoms with Crippen LogP contribution in [0.5, 0.6) is 5.75 Å². The summed E-state index contributed by atoms with van der Waals surface area (Å²) >= 11 is 0. The Morgan fingerprint density at radius 3 is 2.35 bits per heavy atom. The van der Waals surface area contributed by atoms with Crippen LogP contribution >= 0.6 is 0 Å². The maximum absolute atomic E-state index is 12.3. The third kappa shape index (κ3) is 8.57. The summed E-state index contributed by atoms with van der Waals surface area (Å²) in [7, 11) is 0. The number of hydrogen-bond acceptors (Lipinski definition) is 9. The van der Waals surface area contributed by atoms with Crippen LogP contribution in [0.4, 0.5) is 21.1 Å². The lowest BCUT2D eigenvalue weighted by molar-refractivity contribution is 0.0499. The van der Waals surface area contributed by atoms with Gasteiger partial charge in [0.1, 0.15) is 29.0 Å². The zero-order valence-corrected chi connectivity index (χ0v) is 31.6. The Bertz CT molecular complexity index is 1810. The number of carboxylic acid groups (broad SMARTS) is 1. The van der Waals surface area contributed by atoms with E-state index >= 15 is 0 Å². The van der Waals surface area contributed by atoms with E-state index in [2.05, 4.69) is 56.8 Å². The molecule has 4 aliphatic rings. The number of benzene rings is 1. The van der Waals surface area contributed by atoms with Gasteiger partial charge in [-0.1, -0.05) is 20.8 Å². The largest absolute Gasteiger partial charge is 0.486 e. The van der Waals surface area contributed by atoms with E-state index < -0.39 is 22.6 Å². The Hall–Kier alpha value is -4.81. The van der Waals surface area contributed by atoms with Crippen molar-refractivity contribution in [1.82, 2.24) is 20.6 Å². The van der Waals surface area contributed by atoms with Gasteiger partial charge in [-0.2, -0.15) is 0 Å². The number of alkyl carbamates (subject to hydrolysis) is 1. The second-order valence-electron chi connectivity index (χ2n) is 17.0. The summed E-state index contributed by atoms with van der Waals surface area (Å²) in [6.07, 6.45) is 3.27. The van der Waals surface area contributed by atoms with Crippen LogP contribution in [0.25, 0.3) is 11.5 Å². The molecule has 2 aliphatic carbocycles. The lowest BCUT2D eigenvalue weighted by Crippen LogP contribution is -2.49. The van der Waals surface area contributed by atoms with E-state index in [1.807, 2.05) is 62.3 Å². The number of pyridine rings is 1. The summed E-state index contributed by atoms with van der Waals surface area (Å²) in [5.74, 6) is 1.53. The molecule has 0 saturated carbocycles. The first-order valence-corrected chi connectivity index (χ1v) is 17.4. The molecule has 1 saturated heterocycles. The van der Waals surface area contributed by atoms with E-state index in [1.165, 1.54) is 29.3 Å². The Morgan fingerprint density at radius 1 is 1.04 bits per heavy atom. The summed E-state index contributed by atoms with van der Waals surface area (Å²) in [4.78, 5) is 46.2. The number of piperidine rings is 1. The summed E-state index contributed by atoms with van der Waals surface area (Å²) < 4.78 is 17.0. The third-order valence-electron chi connectivity index (χ3n) is 8.71. The predicted molar refractivity (Wildman–Crippen MR) is 195 cm³/mol. The Balaban J connectivity index is 0.000000198. The van der Waals surface area contributed by atoms with E-state index in [4.69, 9.17) is 19.0 Å². The fourth-order valence-corrected chi connectivity index (χ4v) is 6.87. The highest BCUT2D eigenvalue weighted by molar-refractivity contribution is 5.93. The quantitative estimate of drug-likeness (QED) is 0.209. The number of nitrogens with one attached hydrogen (secondary N) is 3. The van der Waals surface area contributed by atoms with Crippen LogP contribution in [0.3, 0.4) is 0 Å². The second kappa shape index (κ2) is 13.4. The minimum Gasteiger partial charge on any atom is -0.486 e. The molecule has 2 atom stereocenters. The van der Waals surface area contributed by atoms with Crippen molar-refractivity contribution < 1.29 is 33.4 Å². The Labute approximate surface area is 299 Å². The minimum atomic E-state index is -1.21. The lowest BCUT2D eigenvalue weighted by Gasteiger charge is -2.39. The number of carbonyl (C=O) groups is 3. The highest BCUT2D eigenvalue weighted by Crippen LogP contribution is 2.59. The molecule has 4 heterocycles. The molecule has 51 heavy (non-hydrogen) atoms. The maximum Gasteiger partial charge on any atom is 0.410 e. The summed E-state index contributed by atoms with van der Waals surface area (Å²) in [6, 6.07) is 6.26. The van der Waals surface area contributed by atoms with Crippen LogP contribution in [0.15, 0.2) is 35.1 Å². The molecule has 3 amide bonds. The zero-order chi connectivity index (χ0) is 37.7. The smallest absolute Gasteiger partial charge is 0.410 e. The molecule has 276 valence electrons. The fourth-order valence-electron chi connectivity index (χ4n) is 6.87. The van der Waals surface area contributed by atoms with Crippen molar-refractivity contribution in [3.05, 3.63) is 53.0 Å². The molecule has 2 unspecified atom stereocenters. The van der Waals surface area contributed by atoms with Crippen molar-refractivity contribution in [3.63, 3.8) is 0 Å². The number of nitrogens with zero attached hydrogens (tertiary/aromatic N) is 3. The molecule has 4 bridgehead atoms. The molecule has 0 radical (unpaired) electrons. The van der Waals surface area contributed by atoms with Crippen LogP contribution in [0.2, 0.25) is 0 Å². The lowest BCUT2D eigenvalue weighted by atomic mass is 9.72. The molecule has 3 aromatic rings. The molecule has 1 fully saturated rings. The molecule has 4 N–H and O–H groups in total. The van der Waals surface area contributed by atoms with Gasteiger partial charge in [-0.25, -0.2) is 19.6 Å². The molecule has 0 spiro atoms. The van der Waals surface area contributed by atoms with Crippen molar-refractivity contribution >= 4 is 29.6 Å². The van der Waals surface area contributed by atoms with Gasteiger partial charge in [0.25, 0.3) is 5.91 Å². The number of carbonyl (C=O) groups excluding carboxylic acids is 2. The number of oxazole rings is 1. The number of ether oxygens (including phenoxy) is 2. The van der Waals surface area contributed by atoms with Crippen molar-refractivity contribution in [3.8, 4) is 17.2 Å². The van der Waals surface area contributed by atoms with Gasteiger partial charge in [0.2, 0.25) is 5.89 Å². The molecular formula is C38H52N6O7. The highest BCUT2D eigenvalue weighted by atomic mass is 16.6. The zero-order valence-electron chi connectivity index (χ0n) is 31.6. The standard InChI is InChI=1S/C20H28N2O3.C18H24N4O4/c1-19(2,3)25-18(23)21-12-7-6-8-22(11-12)15-10-16-14-9-13(15)17(14)20(4,5)24-16;1-17(2,3)12-10(7-8-19-13(12)21-16(24)25)15-20-11(9-26-15)14(23)22-18(4,5)6/h9-10,12,17H,6-8,11H2,1-5H3,(H,21,23);7-9H,1-6H3,(H,19,21)(H,22,23)(H,24,25). The number of hydrogen-bond donors (Lipinski definition) is 4. The van der Waals surface area contributed by atoms with Gasteiger partial charge in [-0.15, -0.1) is 0 Å². The highest BCUT2D eigenvalue weighted by Gasteiger charge is 2.50. The molecule has 13 nitrogen and oxygen atoms in total. The van der Waals surface area contributed by atoms with E-state index in [1.54, 1.807) is 6.07 Å². The molecule has 2 aliphatic heterocycles. The maximum atomic E-state index is 12.3. The van der Waals surface area contributed by atoms with Crippen LogP contribution in [-0.4, -0.2) is 69.0 Å². The van der Waals surface area contributed by atoms with Crippen molar-refractivity contribution in [2.45, 2.75) is 123 Å². The summed E-state index contributed by atoms with van der Waals surface area (Å²) in [5, 5.41) is 17.2. The predicted octanol–water partition coefficient (Wildman–Crippen LogP) is 7.45. The van der Waals surface area contributed by atoms with E-state index in [9.17, 15) is 14.4 Å². The van der Waals surface area contributed by atoms with Gasteiger partial charge in [0, 0.05) is 59.3 Å². The number of aromatic nitrogens is 2. The van der Waals surface area contributed by atoms with Crippen LogP contribution in [-0.2, 0) is 10.2 Å². The SMILES string of the molecule is CC(C)(C)NC(=O)c1coc(-c2ccnc(NC(=O)O)c2C(C)(C)C)n1.CC(C)(C)OC(=O)NC1CCCN(c2cc3c4cc2C4C(C)(C)O3)C1. The number of amides is 3. The van der Waals surface area contributed by atoms with Crippen molar-refractivity contribution in [2.75, 3.05) is 23.3 Å². The number of anilines is 2. The molecule has 1 aromatic carbocycles.